The Morgan fingerprint density at radius 2 is 2.11 bits per heavy atom. The molecular weight excluding hydrogens is 230 g/mol. The van der Waals surface area contributed by atoms with Gasteiger partial charge in [-0.3, -0.25) is 4.57 Å². The van der Waals surface area contributed by atoms with E-state index in [0.717, 1.165) is 11.3 Å². The third-order valence-corrected chi connectivity index (χ3v) is 2.57. The maximum absolute atomic E-state index is 11.4. The minimum Gasteiger partial charge on any atom is -0.491 e. The van der Waals surface area contributed by atoms with Gasteiger partial charge >= 0.3 is 5.69 Å². The van der Waals surface area contributed by atoms with Gasteiger partial charge in [-0.05, 0) is 12.1 Å². The second kappa shape index (κ2) is 5.97. The van der Waals surface area contributed by atoms with Crippen molar-refractivity contribution in [1.29, 1.82) is 0 Å². The summed E-state index contributed by atoms with van der Waals surface area (Å²) < 4.78 is 7.12. The first kappa shape index (κ1) is 12.3. The van der Waals surface area contributed by atoms with Crippen LogP contribution in [0.4, 0.5) is 0 Å². The van der Waals surface area contributed by atoms with Crippen LogP contribution < -0.4 is 16.2 Å². The van der Waals surface area contributed by atoms with E-state index >= 15 is 0 Å². The van der Waals surface area contributed by atoms with E-state index in [1.54, 1.807) is 12.3 Å². The summed E-state index contributed by atoms with van der Waals surface area (Å²) >= 11 is 0. The van der Waals surface area contributed by atoms with Gasteiger partial charge in [0.15, 0.2) is 0 Å². The first-order valence-electron chi connectivity index (χ1n) is 5.73. The Balaban J connectivity index is 1.97. The average molecular weight is 245 g/mol. The Morgan fingerprint density at radius 1 is 1.28 bits per heavy atom. The number of hydrogen-bond donors (Lipinski definition) is 1. The van der Waals surface area contributed by atoms with Crippen molar-refractivity contribution >= 4 is 0 Å². The van der Waals surface area contributed by atoms with E-state index in [-0.39, 0.29) is 5.69 Å². The van der Waals surface area contributed by atoms with E-state index in [4.69, 9.17) is 10.5 Å². The molecule has 0 amide bonds. The summed E-state index contributed by atoms with van der Waals surface area (Å²) in [6.45, 7) is 1.30. The monoisotopic (exact) mass is 245 g/mol. The van der Waals surface area contributed by atoms with Gasteiger partial charge in [-0.2, -0.15) is 0 Å². The van der Waals surface area contributed by atoms with Crippen LogP contribution >= 0.6 is 0 Å². The molecule has 0 unspecified atom stereocenters. The van der Waals surface area contributed by atoms with Gasteiger partial charge in [0, 0.05) is 24.5 Å². The molecule has 1 heterocycles. The maximum Gasteiger partial charge on any atom is 0.347 e. The fourth-order valence-electron chi connectivity index (χ4n) is 1.62. The molecule has 2 rings (SSSR count). The molecule has 0 saturated carbocycles. The average Bonchev–Trinajstić information content (AvgIpc) is 2.41. The van der Waals surface area contributed by atoms with Crippen LogP contribution in [0.1, 0.15) is 5.56 Å². The molecule has 0 bridgehead atoms. The minimum atomic E-state index is -0.270. The van der Waals surface area contributed by atoms with E-state index in [2.05, 4.69) is 4.98 Å². The molecular formula is C13H15N3O2. The predicted octanol–water partition coefficient (Wildman–Crippen LogP) is 0.781. The first-order valence-corrected chi connectivity index (χ1v) is 5.73. The zero-order chi connectivity index (χ0) is 12.8. The van der Waals surface area contributed by atoms with Gasteiger partial charge in [-0.25, -0.2) is 9.78 Å². The minimum absolute atomic E-state index is 0.270. The van der Waals surface area contributed by atoms with E-state index < -0.39 is 0 Å². The van der Waals surface area contributed by atoms with Crippen LogP contribution in [0.25, 0.3) is 0 Å². The highest BCUT2D eigenvalue weighted by molar-refractivity contribution is 5.32. The van der Waals surface area contributed by atoms with Crippen LogP contribution in [0.3, 0.4) is 0 Å². The van der Waals surface area contributed by atoms with Crippen LogP contribution in [0, 0.1) is 0 Å². The molecule has 1 aromatic carbocycles. The fraction of sp³-hybridized carbons (Fsp3) is 0.231. The largest absolute Gasteiger partial charge is 0.491 e. The van der Waals surface area contributed by atoms with Crippen LogP contribution in [-0.4, -0.2) is 16.2 Å². The molecule has 0 radical (unpaired) electrons. The summed E-state index contributed by atoms with van der Waals surface area (Å²) in [6.07, 6.45) is 3.16. The van der Waals surface area contributed by atoms with Gasteiger partial charge in [0.2, 0.25) is 0 Å². The summed E-state index contributed by atoms with van der Waals surface area (Å²) in [5.74, 6) is 0.761. The summed E-state index contributed by atoms with van der Waals surface area (Å²) in [5.41, 5.74) is 6.30. The molecule has 0 saturated heterocycles. The van der Waals surface area contributed by atoms with Crippen molar-refractivity contribution < 1.29 is 4.74 Å². The highest BCUT2D eigenvalue weighted by Crippen LogP contribution is 2.16. The molecule has 0 atom stereocenters. The molecule has 2 aromatic rings. The molecule has 18 heavy (non-hydrogen) atoms. The van der Waals surface area contributed by atoms with Crippen molar-refractivity contribution in [2.24, 2.45) is 5.73 Å². The molecule has 0 aliphatic carbocycles. The Morgan fingerprint density at radius 3 is 2.89 bits per heavy atom. The third kappa shape index (κ3) is 2.95. The topological polar surface area (TPSA) is 70.1 Å². The summed E-state index contributed by atoms with van der Waals surface area (Å²) in [4.78, 5) is 15.0. The summed E-state index contributed by atoms with van der Waals surface area (Å²) in [7, 11) is 0. The molecule has 94 valence electrons. The lowest BCUT2D eigenvalue weighted by Crippen LogP contribution is -2.24. The molecule has 0 spiro atoms. The molecule has 5 nitrogen and oxygen atoms in total. The number of benzene rings is 1. The number of nitrogens with zero attached hydrogens (tertiary/aromatic N) is 2. The zero-order valence-electron chi connectivity index (χ0n) is 9.95. The van der Waals surface area contributed by atoms with Crippen LogP contribution in [0.2, 0.25) is 0 Å². The number of nitrogens with two attached hydrogens (primary N) is 1. The normalized spacial score (nSPS) is 10.3. The Kier molecular flexibility index (Phi) is 4.09. The lowest BCUT2D eigenvalue weighted by Gasteiger charge is -2.10. The van der Waals surface area contributed by atoms with Crippen molar-refractivity contribution in [3.8, 4) is 5.75 Å². The van der Waals surface area contributed by atoms with Crippen molar-refractivity contribution in [2.45, 2.75) is 13.1 Å². The van der Waals surface area contributed by atoms with Crippen LogP contribution in [-0.2, 0) is 13.1 Å². The number of hydrogen-bond acceptors (Lipinski definition) is 4. The Bertz CT molecular complexity index is 566. The van der Waals surface area contributed by atoms with Crippen molar-refractivity contribution in [1.82, 2.24) is 9.55 Å². The van der Waals surface area contributed by atoms with E-state index in [9.17, 15) is 4.79 Å². The highest BCUT2D eigenvalue weighted by Gasteiger charge is 2.01. The number of rotatable bonds is 5. The van der Waals surface area contributed by atoms with Gasteiger partial charge < -0.3 is 10.5 Å². The van der Waals surface area contributed by atoms with E-state index in [1.165, 1.54) is 10.8 Å². The number of aromatic nitrogens is 2. The van der Waals surface area contributed by atoms with Crippen LogP contribution in [0.15, 0.2) is 47.5 Å². The molecule has 0 aliphatic heterocycles. The first-order chi connectivity index (χ1) is 8.81. The second-order valence-electron chi connectivity index (χ2n) is 3.76. The van der Waals surface area contributed by atoms with Crippen molar-refractivity contribution in [3.05, 3.63) is 58.8 Å². The zero-order valence-corrected chi connectivity index (χ0v) is 9.95. The van der Waals surface area contributed by atoms with Gasteiger partial charge in [0.25, 0.3) is 0 Å². The number of ether oxygens (including phenoxy) is 1. The molecule has 1 aromatic heterocycles. The Hall–Kier alpha value is -2.14. The lowest BCUT2D eigenvalue weighted by atomic mass is 10.2. The maximum atomic E-state index is 11.4. The standard InChI is InChI=1S/C13H15N3O2/c14-10-11-4-1-2-5-12(11)18-9-8-16-7-3-6-15-13(16)17/h1-7H,8-10,14H2. The van der Waals surface area contributed by atoms with Gasteiger partial charge in [-0.1, -0.05) is 18.2 Å². The fourth-order valence-corrected chi connectivity index (χ4v) is 1.62. The van der Waals surface area contributed by atoms with E-state index in [0.29, 0.717) is 19.7 Å². The lowest BCUT2D eigenvalue weighted by molar-refractivity contribution is 0.292. The van der Waals surface area contributed by atoms with E-state index in [1.807, 2.05) is 24.3 Å². The van der Waals surface area contributed by atoms with Gasteiger partial charge in [0.05, 0.1) is 6.54 Å². The Labute approximate surface area is 105 Å². The molecule has 0 aliphatic rings. The second-order valence-corrected chi connectivity index (χ2v) is 3.76. The smallest absolute Gasteiger partial charge is 0.347 e. The summed E-state index contributed by atoms with van der Waals surface area (Å²) in [6, 6.07) is 9.32. The quantitative estimate of drug-likeness (QED) is 0.845. The van der Waals surface area contributed by atoms with Crippen molar-refractivity contribution in [2.75, 3.05) is 6.61 Å². The predicted molar refractivity (Wildman–Crippen MR) is 68.3 cm³/mol. The van der Waals surface area contributed by atoms with Crippen molar-refractivity contribution in [3.63, 3.8) is 0 Å². The van der Waals surface area contributed by atoms with Gasteiger partial charge in [0.1, 0.15) is 12.4 Å². The molecule has 0 fully saturated rings. The molecule has 5 heteroatoms. The highest BCUT2D eigenvalue weighted by atomic mass is 16.5. The number of para-hydroxylation sites is 1. The van der Waals surface area contributed by atoms with Gasteiger partial charge in [-0.15, -0.1) is 0 Å². The van der Waals surface area contributed by atoms with Crippen LogP contribution in [0.5, 0.6) is 5.75 Å². The molecule has 2 N–H and O–H groups in total. The third-order valence-electron chi connectivity index (χ3n) is 2.57. The summed E-state index contributed by atoms with van der Waals surface area (Å²) in [5, 5.41) is 0. The SMILES string of the molecule is NCc1ccccc1OCCn1cccnc1=O.